The van der Waals surface area contributed by atoms with Gasteiger partial charge >= 0.3 is 5.97 Å². The number of aliphatic hydroxyl groups excluding tert-OH is 1. The van der Waals surface area contributed by atoms with Crippen LogP contribution in [0.15, 0.2) is 12.2 Å². The second kappa shape index (κ2) is 12.0. The first-order valence-electron chi connectivity index (χ1n) is 9.57. The Labute approximate surface area is 150 Å². The summed E-state index contributed by atoms with van der Waals surface area (Å²) >= 11 is 0. The predicted molar refractivity (Wildman–Crippen MR) is 96.2 cm³/mol. The Kier molecular flexibility index (Phi) is 10.3. The quantitative estimate of drug-likeness (QED) is 0.390. The van der Waals surface area contributed by atoms with Gasteiger partial charge in [-0.05, 0) is 38.0 Å². The van der Waals surface area contributed by atoms with E-state index in [0.29, 0.717) is 32.1 Å². The summed E-state index contributed by atoms with van der Waals surface area (Å²) in [6, 6.07) is 0. The van der Waals surface area contributed by atoms with E-state index in [9.17, 15) is 19.5 Å². The van der Waals surface area contributed by atoms with Crippen LogP contribution in [0.4, 0.5) is 0 Å². The van der Waals surface area contributed by atoms with E-state index in [-0.39, 0.29) is 29.8 Å². The van der Waals surface area contributed by atoms with E-state index in [1.165, 1.54) is 0 Å². The molecule has 2 unspecified atom stereocenters. The van der Waals surface area contributed by atoms with Gasteiger partial charge in [-0.1, -0.05) is 32.3 Å². The molecule has 2 N–H and O–H groups in total. The molecule has 0 saturated heterocycles. The van der Waals surface area contributed by atoms with E-state index in [1.807, 2.05) is 0 Å². The minimum atomic E-state index is -0.947. The molecule has 1 saturated carbocycles. The van der Waals surface area contributed by atoms with E-state index in [1.54, 1.807) is 6.08 Å². The van der Waals surface area contributed by atoms with Crippen LogP contribution in [0.2, 0.25) is 0 Å². The fourth-order valence-corrected chi connectivity index (χ4v) is 3.62. The standard InChI is InChI=1S/C20H32O5/c1-2-3-6-9-15(21)12-13-17-16(18(22)14-19(17)23)10-7-4-5-8-11-20(24)25/h8,11,16-17,19,23H,2-7,9-10,12-14H2,1H3,(H,24,25)/b11-8+/t16?,17-,19?/m1/s1. The summed E-state index contributed by atoms with van der Waals surface area (Å²) in [6.45, 7) is 2.10. The van der Waals surface area contributed by atoms with Gasteiger partial charge < -0.3 is 10.2 Å². The number of allylic oxidation sites excluding steroid dienone is 1. The Morgan fingerprint density at radius 3 is 2.56 bits per heavy atom. The highest BCUT2D eigenvalue weighted by atomic mass is 16.4. The molecule has 3 atom stereocenters. The number of ketones is 2. The number of unbranched alkanes of at least 4 members (excludes halogenated alkanes) is 4. The third-order valence-corrected chi connectivity index (χ3v) is 5.05. The summed E-state index contributed by atoms with van der Waals surface area (Å²) in [5, 5.41) is 18.7. The van der Waals surface area contributed by atoms with Crippen molar-refractivity contribution in [2.75, 3.05) is 0 Å². The van der Waals surface area contributed by atoms with Gasteiger partial charge in [0.25, 0.3) is 0 Å². The Morgan fingerprint density at radius 1 is 1.12 bits per heavy atom. The molecule has 25 heavy (non-hydrogen) atoms. The third-order valence-electron chi connectivity index (χ3n) is 5.05. The minimum Gasteiger partial charge on any atom is -0.478 e. The highest BCUT2D eigenvalue weighted by Crippen LogP contribution is 2.36. The maximum Gasteiger partial charge on any atom is 0.327 e. The second-order valence-corrected chi connectivity index (χ2v) is 7.07. The molecule has 5 heteroatoms. The number of hydrogen-bond acceptors (Lipinski definition) is 4. The minimum absolute atomic E-state index is 0.0998. The summed E-state index contributed by atoms with van der Waals surface area (Å²) in [5.74, 6) is -0.855. The summed E-state index contributed by atoms with van der Waals surface area (Å²) in [4.78, 5) is 34.4. The number of carbonyl (C=O) groups is 3. The Bertz CT molecular complexity index is 469. The van der Waals surface area contributed by atoms with Crippen LogP contribution in [0, 0.1) is 11.8 Å². The van der Waals surface area contributed by atoms with Gasteiger partial charge in [0.05, 0.1) is 6.10 Å². The van der Waals surface area contributed by atoms with Crippen molar-refractivity contribution in [3.05, 3.63) is 12.2 Å². The van der Waals surface area contributed by atoms with E-state index >= 15 is 0 Å². The topological polar surface area (TPSA) is 91.7 Å². The van der Waals surface area contributed by atoms with E-state index in [0.717, 1.165) is 38.2 Å². The van der Waals surface area contributed by atoms with Gasteiger partial charge in [-0.15, -0.1) is 0 Å². The molecule has 0 aromatic carbocycles. The molecule has 1 aliphatic rings. The summed E-state index contributed by atoms with van der Waals surface area (Å²) in [7, 11) is 0. The molecule has 0 amide bonds. The number of aliphatic carboxylic acids is 1. The lowest BCUT2D eigenvalue weighted by atomic mass is 9.85. The maximum atomic E-state index is 12.1. The van der Waals surface area contributed by atoms with Gasteiger partial charge in [0, 0.05) is 31.3 Å². The molecule has 0 aromatic rings. The molecule has 0 spiro atoms. The normalized spacial score (nSPS) is 23.4. The van der Waals surface area contributed by atoms with Crippen LogP contribution < -0.4 is 0 Å². The fraction of sp³-hybridized carbons (Fsp3) is 0.750. The van der Waals surface area contributed by atoms with Gasteiger partial charge in [-0.2, -0.15) is 0 Å². The lowest BCUT2D eigenvalue weighted by Gasteiger charge is -2.20. The van der Waals surface area contributed by atoms with E-state index in [4.69, 9.17) is 5.11 Å². The number of hydrogen-bond donors (Lipinski definition) is 2. The molecule has 5 nitrogen and oxygen atoms in total. The average Bonchev–Trinajstić information content (AvgIpc) is 2.82. The Hall–Kier alpha value is -1.49. The van der Waals surface area contributed by atoms with Crippen LogP contribution >= 0.6 is 0 Å². The summed E-state index contributed by atoms with van der Waals surface area (Å²) < 4.78 is 0. The lowest BCUT2D eigenvalue weighted by Crippen LogP contribution is -2.21. The smallest absolute Gasteiger partial charge is 0.327 e. The molecule has 0 aliphatic heterocycles. The van der Waals surface area contributed by atoms with Crippen molar-refractivity contribution < 1.29 is 24.6 Å². The predicted octanol–water partition coefficient (Wildman–Crippen LogP) is 3.68. The molecule has 0 bridgehead atoms. The maximum absolute atomic E-state index is 12.1. The molecule has 1 fully saturated rings. The highest BCUT2D eigenvalue weighted by molar-refractivity contribution is 5.84. The van der Waals surface area contributed by atoms with Crippen molar-refractivity contribution in [3.63, 3.8) is 0 Å². The number of carboxylic acids is 1. The summed E-state index contributed by atoms with van der Waals surface area (Å²) in [5.41, 5.74) is 0. The molecular weight excluding hydrogens is 320 g/mol. The zero-order chi connectivity index (χ0) is 18.7. The molecule has 1 aliphatic carbocycles. The fourth-order valence-electron chi connectivity index (χ4n) is 3.62. The SMILES string of the molecule is CCCCCC(=O)CC[C@H]1C(O)CC(=O)C1CCCC/C=C/C(=O)O. The largest absolute Gasteiger partial charge is 0.478 e. The first-order valence-corrected chi connectivity index (χ1v) is 9.57. The van der Waals surface area contributed by atoms with Crippen LogP contribution in [0.25, 0.3) is 0 Å². The Balaban J connectivity index is 2.36. The van der Waals surface area contributed by atoms with Crippen LogP contribution in [0.1, 0.15) is 77.6 Å². The van der Waals surface area contributed by atoms with Gasteiger partial charge in [-0.3, -0.25) is 9.59 Å². The lowest BCUT2D eigenvalue weighted by molar-refractivity contribution is -0.131. The second-order valence-electron chi connectivity index (χ2n) is 7.07. The number of carboxylic acid groups (broad SMARTS) is 1. The van der Waals surface area contributed by atoms with Gasteiger partial charge in [-0.25, -0.2) is 4.79 Å². The molecule has 1 rings (SSSR count). The zero-order valence-electron chi connectivity index (χ0n) is 15.3. The van der Waals surface area contributed by atoms with Crippen molar-refractivity contribution >= 4 is 17.5 Å². The van der Waals surface area contributed by atoms with Gasteiger partial charge in [0.1, 0.15) is 11.6 Å². The zero-order valence-corrected chi connectivity index (χ0v) is 15.3. The van der Waals surface area contributed by atoms with Crippen molar-refractivity contribution in [3.8, 4) is 0 Å². The van der Waals surface area contributed by atoms with Crippen molar-refractivity contribution in [1.29, 1.82) is 0 Å². The average molecular weight is 352 g/mol. The van der Waals surface area contributed by atoms with Crippen LogP contribution in [0.5, 0.6) is 0 Å². The summed E-state index contributed by atoms with van der Waals surface area (Å²) in [6.07, 6.45) is 10.1. The number of aliphatic hydroxyl groups is 1. The van der Waals surface area contributed by atoms with Crippen molar-refractivity contribution in [1.82, 2.24) is 0 Å². The van der Waals surface area contributed by atoms with Crippen LogP contribution in [0.3, 0.4) is 0 Å². The molecule has 0 radical (unpaired) electrons. The van der Waals surface area contributed by atoms with Crippen LogP contribution in [-0.2, 0) is 14.4 Å². The van der Waals surface area contributed by atoms with Crippen molar-refractivity contribution in [2.45, 2.75) is 83.7 Å². The van der Waals surface area contributed by atoms with E-state index < -0.39 is 12.1 Å². The molecule has 0 heterocycles. The number of carbonyl (C=O) groups excluding carboxylic acids is 2. The first kappa shape index (κ1) is 21.6. The van der Waals surface area contributed by atoms with Crippen molar-refractivity contribution in [2.24, 2.45) is 11.8 Å². The van der Waals surface area contributed by atoms with Crippen LogP contribution in [-0.4, -0.2) is 33.9 Å². The van der Waals surface area contributed by atoms with E-state index in [2.05, 4.69) is 6.92 Å². The third kappa shape index (κ3) is 8.43. The number of Topliss-reactive ketones (excluding diaryl/α,β-unsaturated/α-hetero) is 2. The monoisotopic (exact) mass is 352 g/mol. The highest BCUT2D eigenvalue weighted by Gasteiger charge is 2.40. The van der Waals surface area contributed by atoms with Gasteiger partial charge in [0.15, 0.2) is 0 Å². The molecule has 0 aromatic heterocycles. The number of rotatable bonds is 13. The molecular formula is C20H32O5. The van der Waals surface area contributed by atoms with Gasteiger partial charge in [0.2, 0.25) is 0 Å². The first-order chi connectivity index (χ1) is 12.0. The molecule has 142 valence electrons. The Morgan fingerprint density at radius 2 is 1.88 bits per heavy atom.